The summed E-state index contributed by atoms with van der Waals surface area (Å²) in [6.07, 6.45) is 0. The first kappa shape index (κ1) is 25.2. The van der Waals surface area contributed by atoms with Gasteiger partial charge in [0.25, 0.3) is 0 Å². The number of nitrogens with zero attached hydrogens (tertiary/aromatic N) is 2. The summed E-state index contributed by atoms with van der Waals surface area (Å²) in [5.74, 6) is 0.142. The van der Waals surface area contributed by atoms with Crippen molar-refractivity contribution in [2.75, 3.05) is 40.3 Å². The molecule has 1 aliphatic heterocycles. The summed E-state index contributed by atoms with van der Waals surface area (Å²) in [5.41, 5.74) is 5.80. The lowest BCUT2D eigenvalue weighted by atomic mass is 10.0. The normalized spacial score (nSPS) is 21.2. The molecule has 0 saturated carbocycles. The van der Waals surface area contributed by atoms with Crippen LogP contribution < -0.4 is 11.1 Å². The van der Waals surface area contributed by atoms with Crippen molar-refractivity contribution in [3.05, 3.63) is 0 Å². The highest BCUT2D eigenvalue weighted by atomic mass is 35.5. The van der Waals surface area contributed by atoms with Crippen LogP contribution in [0.15, 0.2) is 0 Å². The van der Waals surface area contributed by atoms with Gasteiger partial charge in [0, 0.05) is 32.2 Å². The van der Waals surface area contributed by atoms with E-state index in [1.54, 1.807) is 0 Å². The summed E-state index contributed by atoms with van der Waals surface area (Å²) < 4.78 is 0. The highest BCUT2D eigenvalue weighted by Gasteiger charge is 2.24. The second-order valence-electron chi connectivity index (χ2n) is 5.41. The van der Waals surface area contributed by atoms with Gasteiger partial charge in [0.1, 0.15) is 0 Å². The van der Waals surface area contributed by atoms with Gasteiger partial charge in [-0.15, -0.1) is 37.2 Å². The molecular formula is C12H29Cl3N4O. The summed E-state index contributed by atoms with van der Waals surface area (Å²) in [6, 6.07) is -0.0151. The van der Waals surface area contributed by atoms with Gasteiger partial charge in [-0.1, -0.05) is 13.8 Å². The van der Waals surface area contributed by atoms with E-state index in [0.29, 0.717) is 12.6 Å². The van der Waals surface area contributed by atoms with Crippen molar-refractivity contribution >= 4 is 43.1 Å². The van der Waals surface area contributed by atoms with Gasteiger partial charge in [-0.2, -0.15) is 0 Å². The second-order valence-corrected chi connectivity index (χ2v) is 5.41. The second kappa shape index (κ2) is 11.8. The van der Waals surface area contributed by atoms with Crippen LogP contribution in [0.25, 0.3) is 0 Å². The fraction of sp³-hybridized carbons (Fsp3) is 0.917. The molecule has 3 N–H and O–H groups in total. The summed E-state index contributed by atoms with van der Waals surface area (Å²) in [4.78, 5) is 16.3. The van der Waals surface area contributed by atoms with Crippen LogP contribution in [0.1, 0.15) is 13.8 Å². The Bertz CT molecular complexity index is 269. The summed E-state index contributed by atoms with van der Waals surface area (Å²) in [6.45, 7) is 7.74. The number of carbonyl (C=O) groups excluding carboxylic acids is 1. The zero-order chi connectivity index (χ0) is 13.0. The molecule has 0 aromatic carbocycles. The Kier molecular flexibility index (Phi) is 14.9. The Morgan fingerprint density at radius 3 is 2.30 bits per heavy atom. The molecule has 0 aromatic heterocycles. The number of likely N-dealkylation sites (N-methyl/N-ethyl adjacent to an activating group) is 2. The fourth-order valence-corrected chi connectivity index (χ4v) is 1.96. The van der Waals surface area contributed by atoms with Gasteiger partial charge in [-0.25, -0.2) is 0 Å². The molecule has 5 nitrogen and oxygen atoms in total. The number of rotatable bonds is 4. The lowest BCUT2D eigenvalue weighted by Gasteiger charge is -2.37. The monoisotopic (exact) mass is 350 g/mol. The van der Waals surface area contributed by atoms with Crippen LogP contribution in [0, 0.1) is 5.92 Å². The minimum atomic E-state index is -0.401. The van der Waals surface area contributed by atoms with Crippen molar-refractivity contribution in [3.63, 3.8) is 0 Å². The topological polar surface area (TPSA) is 61.6 Å². The maximum absolute atomic E-state index is 11.7. The van der Waals surface area contributed by atoms with Gasteiger partial charge in [-0.05, 0) is 20.0 Å². The molecule has 124 valence electrons. The fourth-order valence-electron chi connectivity index (χ4n) is 1.96. The number of piperazine rings is 1. The van der Waals surface area contributed by atoms with E-state index in [9.17, 15) is 4.79 Å². The van der Waals surface area contributed by atoms with Crippen molar-refractivity contribution in [1.29, 1.82) is 0 Å². The number of carbonyl (C=O) groups is 1. The third-order valence-corrected chi connectivity index (χ3v) is 3.51. The molecule has 1 fully saturated rings. The summed E-state index contributed by atoms with van der Waals surface area (Å²) >= 11 is 0. The van der Waals surface area contributed by atoms with Gasteiger partial charge < -0.3 is 16.0 Å². The van der Waals surface area contributed by atoms with Gasteiger partial charge >= 0.3 is 0 Å². The zero-order valence-corrected chi connectivity index (χ0v) is 15.1. The number of nitrogens with two attached hydrogens (primary N) is 1. The van der Waals surface area contributed by atoms with E-state index in [-0.39, 0.29) is 49.0 Å². The number of hydrogen-bond acceptors (Lipinski definition) is 4. The van der Waals surface area contributed by atoms with Gasteiger partial charge in [-0.3, -0.25) is 9.69 Å². The van der Waals surface area contributed by atoms with Crippen molar-refractivity contribution in [2.45, 2.75) is 25.9 Å². The first-order chi connectivity index (χ1) is 7.91. The molecule has 0 aliphatic carbocycles. The molecule has 2 atom stereocenters. The van der Waals surface area contributed by atoms with Crippen molar-refractivity contribution < 1.29 is 4.79 Å². The van der Waals surface area contributed by atoms with E-state index in [0.717, 1.165) is 19.6 Å². The maximum atomic E-state index is 11.7. The summed E-state index contributed by atoms with van der Waals surface area (Å²) in [5, 5.41) is 2.95. The zero-order valence-electron chi connectivity index (χ0n) is 12.7. The van der Waals surface area contributed by atoms with E-state index in [2.05, 4.69) is 29.2 Å². The average molecular weight is 352 g/mol. The van der Waals surface area contributed by atoms with Crippen molar-refractivity contribution in [1.82, 2.24) is 15.1 Å². The van der Waals surface area contributed by atoms with Crippen LogP contribution in [0.3, 0.4) is 0 Å². The highest BCUT2D eigenvalue weighted by molar-refractivity contribution is 5.86. The smallest absolute Gasteiger partial charge is 0.237 e. The molecule has 0 radical (unpaired) electrons. The Balaban J connectivity index is -0.000000963. The largest absolute Gasteiger partial charge is 0.353 e. The Labute approximate surface area is 141 Å². The van der Waals surface area contributed by atoms with Crippen LogP contribution in [0.5, 0.6) is 0 Å². The molecule has 0 bridgehead atoms. The lowest BCUT2D eigenvalue weighted by Crippen LogP contribution is -2.56. The van der Waals surface area contributed by atoms with E-state index in [4.69, 9.17) is 5.73 Å². The van der Waals surface area contributed by atoms with Crippen LogP contribution in [0.4, 0.5) is 0 Å². The van der Waals surface area contributed by atoms with Crippen molar-refractivity contribution in [3.8, 4) is 0 Å². The van der Waals surface area contributed by atoms with E-state index >= 15 is 0 Å². The first-order valence-corrected chi connectivity index (χ1v) is 6.34. The first-order valence-electron chi connectivity index (χ1n) is 6.34. The lowest BCUT2D eigenvalue weighted by molar-refractivity contribution is -0.123. The Morgan fingerprint density at radius 2 is 1.80 bits per heavy atom. The van der Waals surface area contributed by atoms with E-state index < -0.39 is 6.04 Å². The molecule has 1 amide bonds. The SMILES string of the molecule is CC(C)[C@@H](N)C(=O)NCC1CN(C)CCN1C.Cl.Cl.Cl. The number of halogens is 3. The maximum Gasteiger partial charge on any atom is 0.237 e. The van der Waals surface area contributed by atoms with Crippen LogP contribution in [-0.2, 0) is 4.79 Å². The van der Waals surface area contributed by atoms with Crippen molar-refractivity contribution in [2.24, 2.45) is 11.7 Å². The summed E-state index contributed by atoms with van der Waals surface area (Å²) in [7, 11) is 4.22. The molecule has 1 heterocycles. The Hall–Kier alpha value is 0.220. The molecular weight excluding hydrogens is 323 g/mol. The minimum absolute atomic E-state index is 0. The molecule has 0 spiro atoms. The number of hydrogen-bond donors (Lipinski definition) is 2. The third-order valence-electron chi connectivity index (χ3n) is 3.51. The molecule has 1 unspecified atom stereocenters. The highest BCUT2D eigenvalue weighted by Crippen LogP contribution is 2.05. The number of amides is 1. The predicted octanol–water partition coefficient (Wildman–Crippen LogP) is 0.597. The van der Waals surface area contributed by atoms with Crippen LogP contribution >= 0.6 is 37.2 Å². The molecule has 1 rings (SSSR count). The quantitative estimate of drug-likeness (QED) is 0.778. The molecule has 0 aromatic rings. The average Bonchev–Trinajstić information content (AvgIpc) is 2.28. The molecule has 1 saturated heterocycles. The van der Waals surface area contributed by atoms with E-state index in [1.807, 2.05) is 13.8 Å². The van der Waals surface area contributed by atoms with E-state index in [1.165, 1.54) is 0 Å². The molecule has 1 aliphatic rings. The van der Waals surface area contributed by atoms with Gasteiger partial charge in [0.2, 0.25) is 5.91 Å². The van der Waals surface area contributed by atoms with Crippen LogP contribution in [-0.4, -0.2) is 68.1 Å². The predicted molar refractivity (Wildman–Crippen MR) is 91.5 cm³/mol. The Morgan fingerprint density at radius 1 is 1.25 bits per heavy atom. The van der Waals surface area contributed by atoms with Gasteiger partial charge in [0.15, 0.2) is 0 Å². The molecule has 20 heavy (non-hydrogen) atoms. The minimum Gasteiger partial charge on any atom is -0.353 e. The van der Waals surface area contributed by atoms with Gasteiger partial charge in [0.05, 0.1) is 6.04 Å². The standard InChI is InChI=1S/C12H26N4O.3ClH/c1-9(2)11(13)12(17)14-7-10-8-15(3)5-6-16(10)4;;;/h9-11H,5-8,13H2,1-4H3,(H,14,17);3*1H/t10?,11-;;;/m1.../s1. The third kappa shape index (κ3) is 7.86. The van der Waals surface area contributed by atoms with Crippen LogP contribution in [0.2, 0.25) is 0 Å². The number of nitrogens with one attached hydrogen (secondary N) is 1. The molecule has 8 heteroatoms.